The first kappa shape index (κ1) is 17.8. The average Bonchev–Trinajstić information content (AvgIpc) is 2.83. The number of hydrogen-bond acceptors (Lipinski definition) is 5. The summed E-state index contributed by atoms with van der Waals surface area (Å²) in [5.74, 6) is -2.33. The number of halogens is 3. The number of nitrogens with zero attached hydrogens (tertiary/aromatic N) is 1. The highest BCUT2D eigenvalue weighted by atomic mass is 19.4. The zero-order valence-electron chi connectivity index (χ0n) is 12.5. The van der Waals surface area contributed by atoms with Gasteiger partial charge < -0.3 is 15.2 Å². The second-order valence-corrected chi connectivity index (χ2v) is 5.22. The number of nitrogens with two attached hydrogens (primary N) is 1. The Kier molecular flexibility index (Phi) is 5.10. The lowest BCUT2D eigenvalue weighted by molar-refractivity contribution is -0.197. The fourth-order valence-corrected chi connectivity index (χ4v) is 2.17. The van der Waals surface area contributed by atoms with Crippen molar-refractivity contribution in [2.24, 2.45) is 10.7 Å². The Morgan fingerprint density at radius 2 is 1.96 bits per heavy atom. The molecule has 1 aromatic rings. The van der Waals surface area contributed by atoms with E-state index in [0.29, 0.717) is 5.56 Å². The minimum atomic E-state index is -4.97. The third-order valence-electron chi connectivity index (χ3n) is 3.44. The zero-order chi connectivity index (χ0) is 17.8. The first-order valence-corrected chi connectivity index (χ1v) is 7.08. The molecule has 0 aromatic heterocycles. The summed E-state index contributed by atoms with van der Waals surface area (Å²) < 4.78 is 49.6. The van der Waals surface area contributed by atoms with Gasteiger partial charge in [0, 0.05) is 6.42 Å². The van der Waals surface area contributed by atoms with E-state index in [0.717, 1.165) is 0 Å². The highest BCUT2D eigenvalue weighted by Crippen LogP contribution is 2.42. The van der Waals surface area contributed by atoms with Crippen LogP contribution in [0.3, 0.4) is 0 Å². The second-order valence-electron chi connectivity index (χ2n) is 5.22. The first-order valence-electron chi connectivity index (χ1n) is 7.08. The molecule has 1 aliphatic heterocycles. The van der Waals surface area contributed by atoms with Crippen molar-refractivity contribution in [2.45, 2.75) is 37.6 Å². The summed E-state index contributed by atoms with van der Waals surface area (Å²) in [6.07, 6.45) is -6.99. The Balaban J connectivity index is 2.12. The maximum absolute atomic E-state index is 13.3. The van der Waals surface area contributed by atoms with E-state index in [1.807, 2.05) is 0 Å². The zero-order valence-corrected chi connectivity index (χ0v) is 12.5. The summed E-state index contributed by atoms with van der Waals surface area (Å²) in [7, 11) is 0. The van der Waals surface area contributed by atoms with Gasteiger partial charge in [0.25, 0.3) is 5.54 Å². The average molecular weight is 344 g/mol. The number of cyclic esters (lactones) is 1. The molecule has 0 saturated heterocycles. The van der Waals surface area contributed by atoms with Crippen LogP contribution in [-0.2, 0) is 25.7 Å². The van der Waals surface area contributed by atoms with E-state index in [1.165, 1.54) is 0 Å². The van der Waals surface area contributed by atoms with Gasteiger partial charge >= 0.3 is 18.2 Å². The van der Waals surface area contributed by atoms with Crippen molar-refractivity contribution in [1.29, 1.82) is 0 Å². The van der Waals surface area contributed by atoms with Crippen LogP contribution in [0.2, 0.25) is 0 Å². The normalized spacial score (nSPS) is 20.5. The number of rotatable bonds is 6. The van der Waals surface area contributed by atoms with Crippen LogP contribution in [0.15, 0.2) is 35.3 Å². The molecule has 6 nitrogen and oxygen atoms in total. The van der Waals surface area contributed by atoms with Crippen molar-refractivity contribution in [1.82, 2.24) is 0 Å². The summed E-state index contributed by atoms with van der Waals surface area (Å²) in [6.45, 7) is -0.0951. The van der Waals surface area contributed by atoms with Gasteiger partial charge in [-0.2, -0.15) is 18.2 Å². The fraction of sp³-hybridized carbons (Fsp3) is 0.400. The lowest BCUT2D eigenvalue weighted by Crippen LogP contribution is -2.48. The Morgan fingerprint density at radius 1 is 1.29 bits per heavy atom. The maximum Gasteiger partial charge on any atom is 0.424 e. The summed E-state index contributed by atoms with van der Waals surface area (Å²) in [6, 6.07) is 8.61. The molecule has 1 heterocycles. The molecule has 2 rings (SSSR count). The fourth-order valence-electron chi connectivity index (χ4n) is 2.17. The summed E-state index contributed by atoms with van der Waals surface area (Å²) >= 11 is 0. The van der Waals surface area contributed by atoms with Crippen LogP contribution in [0.4, 0.5) is 13.2 Å². The molecule has 2 N–H and O–H groups in total. The van der Waals surface area contributed by atoms with Crippen LogP contribution in [-0.4, -0.2) is 29.7 Å². The minimum absolute atomic E-state index is 0.0951. The first-order chi connectivity index (χ1) is 11.2. The lowest BCUT2D eigenvalue weighted by atomic mass is 9.93. The Bertz CT molecular complexity index is 646. The number of carbonyl (C=O) groups is 2. The molecule has 0 spiro atoms. The number of aliphatic imine (C=N–C) groups is 1. The second kappa shape index (κ2) is 6.90. The largest absolute Gasteiger partial charge is 0.445 e. The topological polar surface area (TPSA) is 91.0 Å². The molecule has 0 radical (unpaired) electrons. The van der Waals surface area contributed by atoms with Gasteiger partial charge in [0.2, 0.25) is 5.91 Å². The maximum atomic E-state index is 13.3. The predicted molar refractivity (Wildman–Crippen MR) is 76.6 cm³/mol. The SMILES string of the molecule is NC(=O)CCCC1(C(F)(F)F)N=C(OCc2ccccc2)OC1=O. The van der Waals surface area contributed by atoms with Gasteiger partial charge in [-0.1, -0.05) is 30.3 Å². The molecule has 0 bridgehead atoms. The molecular weight excluding hydrogens is 329 g/mol. The number of carbonyl (C=O) groups excluding carboxylic acids is 2. The van der Waals surface area contributed by atoms with Crippen LogP contribution < -0.4 is 5.73 Å². The number of hydrogen-bond donors (Lipinski definition) is 1. The van der Waals surface area contributed by atoms with Gasteiger partial charge in [-0.15, -0.1) is 0 Å². The van der Waals surface area contributed by atoms with Crippen molar-refractivity contribution in [3.05, 3.63) is 35.9 Å². The van der Waals surface area contributed by atoms with Crippen molar-refractivity contribution >= 4 is 18.0 Å². The third kappa shape index (κ3) is 3.84. The monoisotopic (exact) mass is 344 g/mol. The molecule has 0 aliphatic carbocycles. The van der Waals surface area contributed by atoms with Crippen molar-refractivity contribution in [3.8, 4) is 0 Å². The molecule has 1 aliphatic rings. The quantitative estimate of drug-likeness (QED) is 0.800. The minimum Gasteiger partial charge on any atom is -0.445 e. The van der Waals surface area contributed by atoms with Gasteiger partial charge in [0.15, 0.2) is 0 Å². The number of alkyl halides is 3. The molecule has 1 unspecified atom stereocenters. The van der Waals surface area contributed by atoms with Crippen molar-refractivity contribution in [3.63, 3.8) is 0 Å². The summed E-state index contributed by atoms with van der Waals surface area (Å²) in [5.41, 5.74) is 2.52. The molecule has 1 atom stereocenters. The van der Waals surface area contributed by atoms with Crippen LogP contribution in [0.25, 0.3) is 0 Å². The molecule has 130 valence electrons. The van der Waals surface area contributed by atoms with E-state index in [9.17, 15) is 22.8 Å². The van der Waals surface area contributed by atoms with Crippen molar-refractivity contribution in [2.75, 3.05) is 0 Å². The summed E-state index contributed by atoms with van der Waals surface area (Å²) in [4.78, 5) is 25.8. The van der Waals surface area contributed by atoms with Crippen LogP contribution in [0.5, 0.6) is 0 Å². The van der Waals surface area contributed by atoms with Gasteiger partial charge in [0.05, 0.1) is 0 Å². The molecule has 0 saturated carbocycles. The van der Waals surface area contributed by atoms with Gasteiger partial charge in [-0.05, 0) is 18.4 Å². The van der Waals surface area contributed by atoms with E-state index in [2.05, 4.69) is 9.73 Å². The smallest absolute Gasteiger partial charge is 0.424 e. The number of amides is 1. The van der Waals surface area contributed by atoms with Gasteiger partial charge in [-0.3, -0.25) is 4.79 Å². The van der Waals surface area contributed by atoms with Crippen LogP contribution in [0.1, 0.15) is 24.8 Å². The van der Waals surface area contributed by atoms with Crippen LogP contribution in [0, 0.1) is 0 Å². The number of esters is 1. The molecule has 1 aromatic carbocycles. The Labute approximate surface area is 135 Å². The number of ether oxygens (including phenoxy) is 2. The van der Waals surface area contributed by atoms with Crippen LogP contribution >= 0.6 is 0 Å². The molecule has 1 amide bonds. The molecular formula is C15H15F3N2O4. The van der Waals surface area contributed by atoms with E-state index in [4.69, 9.17) is 10.5 Å². The van der Waals surface area contributed by atoms with E-state index in [1.54, 1.807) is 30.3 Å². The standard InChI is InChI=1S/C15H15F3N2O4/c16-15(17,18)14(8-4-7-11(19)21)12(22)24-13(20-14)23-9-10-5-2-1-3-6-10/h1-3,5-6H,4,7-9H2,(H2,19,21). The highest BCUT2D eigenvalue weighted by molar-refractivity contribution is 5.97. The summed E-state index contributed by atoms with van der Waals surface area (Å²) in [5, 5.41) is 0. The molecule has 24 heavy (non-hydrogen) atoms. The number of benzene rings is 1. The molecule has 0 fully saturated rings. The third-order valence-corrected chi connectivity index (χ3v) is 3.44. The Hall–Kier alpha value is -2.58. The Morgan fingerprint density at radius 3 is 2.54 bits per heavy atom. The van der Waals surface area contributed by atoms with Gasteiger partial charge in [0.1, 0.15) is 6.61 Å². The number of primary amides is 1. The predicted octanol–water partition coefficient (Wildman–Crippen LogP) is 2.07. The lowest BCUT2D eigenvalue weighted by Gasteiger charge is -2.24. The van der Waals surface area contributed by atoms with Gasteiger partial charge in [-0.25, -0.2) is 4.79 Å². The van der Waals surface area contributed by atoms with E-state index < -0.39 is 36.1 Å². The van der Waals surface area contributed by atoms with E-state index >= 15 is 0 Å². The van der Waals surface area contributed by atoms with E-state index in [-0.39, 0.29) is 19.4 Å². The molecule has 9 heteroatoms. The van der Waals surface area contributed by atoms with Crippen molar-refractivity contribution < 1.29 is 32.2 Å². The highest BCUT2D eigenvalue weighted by Gasteiger charge is 2.65.